The molecule has 3 heterocycles. The second kappa shape index (κ2) is 9.98. The number of ether oxygens (including phenoxy) is 1. The molecule has 0 aromatic carbocycles. The molecule has 3 aliphatic heterocycles. The van der Waals surface area contributed by atoms with Gasteiger partial charge in [-0.1, -0.05) is 26.8 Å². The van der Waals surface area contributed by atoms with Crippen molar-refractivity contribution in [2.24, 2.45) is 23.7 Å². The van der Waals surface area contributed by atoms with E-state index >= 15 is 0 Å². The third kappa shape index (κ3) is 4.11. The molecule has 3 rings (SSSR count). The molecule has 186 valence electrons. The number of carbonyl (C=O) groups is 3. The highest BCUT2D eigenvalue weighted by Crippen LogP contribution is 2.69. The SMILES string of the molecule is C=CCN(C(=O)C1N([C@@H](CO)CC(C)C)C(=O)[C@@H]2[C@H](C(=O)OCC)[C@@H]3CC(C)C12S3)C(C)C. The standard InChI is InChI=1S/C25H40N2O5S/c1-8-10-26(15(5)6)23(30)21-25-16(7)12-18(33-25)19(24(31)32-9-2)20(25)22(29)27(21)17(13-28)11-14(3)4/h8,14-21,28H,1,9-13H2,2-7H3/t16?,17-,18+,19-,20+,21?,25?/m1/s1. The Morgan fingerprint density at radius 2 is 2.03 bits per heavy atom. The maximum absolute atomic E-state index is 14.2. The average molecular weight is 481 g/mol. The first-order valence-corrected chi connectivity index (χ1v) is 13.1. The molecule has 3 saturated heterocycles. The minimum Gasteiger partial charge on any atom is -0.466 e. The van der Waals surface area contributed by atoms with E-state index in [4.69, 9.17) is 4.74 Å². The molecule has 7 nitrogen and oxygen atoms in total. The summed E-state index contributed by atoms with van der Waals surface area (Å²) in [5.74, 6) is -1.48. The third-order valence-corrected chi connectivity index (χ3v) is 9.63. The number of fused-ring (bicyclic) bond motifs is 1. The molecule has 7 atom stereocenters. The van der Waals surface area contributed by atoms with Gasteiger partial charge in [0, 0.05) is 17.8 Å². The molecule has 2 bridgehead atoms. The highest BCUT2D eigenvalue weighted by atomic mass is 32.2. The number of aliphatic hydroxyl groups excluding tert-OH is 1. The van der Waals surface area contributed by atoms with Gasteiger partial charge >= 0.3 is 5.97 Å². The van der Waals surface area contributed by atoms with E-state index in [9.17, 15) is 19.5 Å². The maximum Gasteiger partial charge on any atom is 0.310 e. The van der Waals surface area contributed by atoms with Gasteiger partial charge < -0.3 is 19.6 Å². The zero-order valence-electron chi connectivity index (χ0n) is 20.8. The molecule has 1 spiro atoms. The van der Waals surface area contributed by atoms with Crippen molar-refractivity contribution in [3.63, 3.8) is 0 Å². The van der Waals surface area contributed by atoms with Crippen molar-refractivity contribution in [3.8, 4) is 0 Å². The third-order valence-electron chi connectivity index (χ3n) is 7.56. The van der Waals surface area contributed by atoms with Crippen LogP contribution in [0.1, 0.15) is 54.4 Å². The summed E-state index contributed by atoms with van der Waals surface area (Å²) in [6.07, 6.45) is 3.06. The molecule has 3 fully saturated rings. The van der Waals surface area contributed by atoms with Crippen LogP contribution in [0.4, 0.5) is 0 Å². The zero-order chi connectivity index (χ0) is 24.7. The predicted molar refractivity (Wildman–Crippen MR) is 130 cm³/mol. The van der Waals surface area contributed by atoms with Gasteiger partial charge in [0.15, 0.2) is 0 Å². The van der Waals surface area contributed by atoms with Crippen molar-refractivity contribution in [3.05, 3.63) is 12.7 Å². The van der Waals surface area contributed by atoms with Gasteiger partial charge in [-0.2, -0.15) is 0 Å². The van der Waals surface area contributed by atoms with Crippen molar-refractivity contribution < 1.29 is 24.2 Å². The summed E-state index contributed by atoms with van der Waals surface area (Å²) in [4.78, 5) is 44.7. The molecule has 8 heteroatoms. The van der Waals surface area contributed by atoms with Crippen LogP contribution in [0.3, 0.4) is 0 Å². The minimum absolute atomic E-state index is 0.0324. The molecule has 0 aliphatic carbocycles. The molecule has 0 aromatic heterocycles. The van der Waals surface area contributed by atoms with Crippen LogP contribution in [0.25, 0.3) is 0 Å². The second-order valence-corrected chi connectivity index (χ2v) is 11.9. The average Bonchev–Trinajstić information content (AvgIpc) is 3.33. The maximum atomic E-state index is 14.2. The largest absolute Gasteiger partial charge is 0.466 e. The summed E-state index contributed by atoms with van der Waals surface area (Å²) >= 11 is 1.64. The van der Waals surface area contributed by atoms with Crippen molar-refractivity contribution >= 4 is 29.5 Å². The Bertz CT molecular complexity index is 787. The first-order valence-electron chi connectivity index (χ1n) is 12.2. The first-order chi connectivity index (χ1) is 15.6. The van der Waals surface area contributed by atoms with Crippen molar-refractivity contribution in [1.29, 1.82) is 0 Å². The van der Waals surface area contributed by atoms with Gasteiger partial charge in [-0.3, -0.25) is 14.4 Å². The number of carbonyl (C=O) groups excluding carboxylic acids is 3. The van der Waals surface area contributed by atoms with Gasteiger partial charge in [0.1, 0.15) is 6.04 Å². The van der Waals surface area contributed by atoms with E-state index in [-0.39, 0.29) is 54.1 Å². The normalized spacial score (nSPS) is 33.5. The lowest BCUT2D eigenvalue weighted by Crippen LogP contribution is -2.60. The number of amides is 2. The van der Waals surface area contributed by atoms with E-state index in [1.54, 1.807) is 34.6 Å². The number of likely N-dealkylation sites (tertiary alicyclic amines) is 1. The Kier molecular flexibility index (Phi) is 7.89. The fourth-order valence-electron chi connectivity index (χ4n) is 6.31. The van der Waals surface area contributed by atoms with E-state index in [2.05, 4.69) is 13.5 Å². The molecule has 33 heavy (non-hydrogen) atoms. The molecular formula is C25H40N2O5S. The molecule has 0 aromatic rings. The molecule has 3 aliphatic rings. The Morgan fingerprint density at radius 1 is 1.36 bits per heavy atom. The van der Waals surface area contributed by atoms with Crippen LogP contribution in [0.2, 0.25) is 0 Å². The number of hydrogen-bond donors (Lipinski definition) is 1. The quantitative estimate of drug-likeness (QED) is 0.382. The number of thioether (sulfide) groups is 1. The van der Waals surface area contributed by atoms with Gasteiger partial charge in [0.25, 0.3) is 0 Å². The van der Waals surface area contributed by atoms with Crippen LogP contribution in [0, 0.1) is 23.7 Å². The number of nitrogens with zero attached hydrogens (tertiary/aromatic N) is 2. The molecule has 3 unspecified atom stereocenters. The monoisotopic (exact) mass is 480 g/mol. The Labute approximate surface area is 202 Å². The number of esters is 1. The number of aliphatic hydroxyl groups is 1. The predicted octanol–water partition coefficient (Wildman–Crippen LogP) is 2.72. The first kappa shape index (κ1) is 26.1. The Morgan fingerprint density at radius 3 is 2.55 bits per heavy atom. The molecule has 1 N–H and O–H groups in total. The van der Waals surface area contributed by atoms with E-state index in [1.165, 1.54) is 0 Å². The summed E-state index contributed by atoms with van der Waals surface area (Å²) in [6, 6.07) is -1.27. The molecule has 0 radical (unpaired) electrons. The van der Waals surface area contributed by atoms with E-state index in [1.807, 2.05) is 27.7 Å². The smallest absolute Gasteiger partial charge is 0.310 e. The summed E-state index contributed by atoms with van der Waals surface area (Å²) in [7, 11) is 0. The number of rotatable bonds is 10. The highest BCUT2D eigenvalue weighted by molar-refractivity contribution is 8.02. The van der Waals surface area contributed by atoms with Crippen LogP contribution >= 0.6 is 11.8 Å². The van der Waals surface area contributed by atoms with Gasteiger partial charge in [0.05, 0.1) is 35.8 Å². The molecular weight excluding hydrogens is 440 g/mol. The summed E-state index contributed by atoms with van der Waals surface area (Å²) in [6.45, 7) is 16.1. The van der Waals surface area contributed by atoms with Crippen molar-refractivity contribution in [1.82, 2.24) is 9.80 Å². The van der Waals surface area contributed by atoms with Gasteiger partial charge in [-0.15, -0.1) is 18.3 Å². The Hall–Kier alpha value is -1.54. The Balaban J connectivity index is 2.15. The van der Waals surface area contributed by atoms with Crippen molar-refractivity contribution in [2.75, 3.05) is 19.8 Å². The lowest BCUT2D eigenvalue weighted by molar-refractivity contribution is -0.154. The number of hydrogen-bond acceptors (Lipinski definition) is 6. The van der Waals surface area contributed by atoms with E-state index < -0.39 is 28.7 Å². The fraction of sp³-hybridized carbons (Fsp3) is 0.800. The summed E-state index contributed by atoms with van der Waals surface area (Å²) < 4.78 is 4.69. The minimum atomic E-state index is -0.724. The fourth-order valence-corrected chi connectivity index (χ4v) is 8.70. The zero-order valence-corrected chi connectivity index (χ0v) is 21.6. The summed E-state index contributed by atoms with van der Waals surface area (Å²) in [5, 5.41) is 10.3. The summed E-state index contributed by atoms with van der Waals surface area (Å²) in [5.41, 5.74) is 0. The lowest BCUT2D eigenvalue weighted by atomic mass is 9.66. The van der Waals surface area contributed by atoms with Crippen LogP contribution in [-0.2, 0) is 19.1 Å². The van der Waals surface area contributed by atoms with E-state index in [0.717, 1.165) is 6.42 Å². The second-order valence-electron chi connectivity index (χ2n) is 10.4. The van der Waals surface area contributed by atoms with Crippen LogP contribution in [-0.4, -0.2) is 80.6 Å². The van der Waals surface area contributed by atoms with E-state index in [0.29, 0.717) is 13.0 Å². The van der Waals surface area contributed by atoms with Crippen LogP contribution in [0.15, 0.2) is 12.7 Å². The van der Waals surface area contributed by atoms with Gasteiger partial charge in [-0.25, -0.2) is 0 Å². The highest BCUT2D eigenvalue weighted by Gasteiger charge is 2.77. The van der Waals surface area contributed by atoms with Crippen LogP contribution in [0.5, 0.6) is 0 Å². The van der Waals surface area contributed by atoms with Gasteiger partial charge in [-0.05, 0) is 45.4 Å². The molecule has 0 saturated carbocycles. The molecule has 2 amide bonds. The van der Waals surface area contributed by atoms with Crippen LogP contribution < -0.4 is 0 Å². The van der Waals surface area contributed by atoms with Gasteiger partial charge in [0.2, 0.25) is 11.8 Å². The lowest BCUT2D eigenvalue weighted by Gasteiger charge is -2.43. The van der Waals surface area contributed by atoms with Crippen molar-refractivity contribution in [2.45, 2.75) is 82.5 Å². The topological polar surface area (TPSA) is 87.2 Å².